The van der Waals surface area contributed by atoms with Crippen LogP contribution in [0, 0.1) is 11.6 Å². The van der Waals surface area contributed by atoms with Crippen molar-refractivity contribution >= 4 is 22.5 Å². The molecule has 4 rings (SSSR count). The largest absolute Gasteiger partial charge is 0.416 e. The lowest BCUT2D eigenvalue weighted by Crippen LogP contribution is -2.21. The molecule has 6 nitrogen and oxygen atoms in total. The number of hydrogen-bond acceptors (Lipinski definition) is 3. The average molecular weight is 448 g/mol. The summed E-state index contributed by atoms with van der Waals surface area (Å²) in [6.45, 7) is 0. The second-order valence-corrected chi connectivity index (χ2v) is 6.95. The molecule has 0 saturated carbocycles. The Bertz CT molecular complexity index is 1370. The Balaban J connectivity index is 1.56. The molecule has 2 aromatic heterocycles. The van der Waals surface area contributed by atoms with Gasteiger partial charge in [0, 0.05) is 29.6 Å². The van der Waals surface area contributed by atoms with Crippen LogP contribution in [0.5, 0.6) is 0 Å². The van der Waals surface area contributed by atoms with Crippen LogP contribution in [-0.2, 0) is 12.6 Å². The minimum atomic E-state index is -4.48. The molecular formula is C21H13F5N4O2. The predicted octanol–water partition coefficient (Wildman–Crippen LogP) is 4.39. The Kier molecular flexibility index (Phi) is 5.25. The van der Waals surface area contributed by atoms with E-state index in [2.05, 4.69) is 20.5 Å². The number of aromatic nitrogens is 3. The van der Waals surface area contributed by atoms with Crippen LogP contribution in [0.3, 0.4) is 0 Å². The van der Waals surface area contributed by atoms with Gasteiger partial charge in [0.25, 0.3) is 11.5 Å². The number of carbonyl (C=O) groups is 1. The Morgan fingerprint density at radius 3 is 2.41 bits per heavy atom. The fourth-order valence-corrected chi connectivity index (χ4v) is 3.13. The molecule has 3 N–H and O–H groups in total. The summed E-state index contributed by atoms with van der Waals surface area (Å²) in [4.78, 5) is 27.4. The number of hydrogen-bond donors (Lipinski definition) is 3. The van der Waals surface area contributed by atoms with Gasteiger partial charge in [0.2, 0.25) is 0 Å². The predicted molar refractivity (Wildman–Crippen MR) is 105 cm³/mol. The Morgan fingerprint density at radius 2 is 1.72 bits per heavy atom. The van der Waals surface area contributed by atoms with Gasteiger partial charge < -0.3 is 10.3 Å². The van der Waals surface area contributed by atoms with Crippen molar-refractivity contribution in [3.8, 4) is 0 Å². The molecule has 0 bridgehead atoms. The molecule has 0 aliphatic carbocycles. The summed E-state index contributed by atoms with van der Waals surface area (Å²) in [5.41, 5.74) is -0.639. The molecule has 0 unspecified atom stereocenters. The van der Waals surface area contributed by atoms with E-state index in [4.69, 9.17) is 0 Å². The van der Waals surface area contributed by atoms with E-state index < -0.39 is 34.8 Å². The number of nitrogens with one attached hydrogen (secondary N) is 3. The molecule has 0 radical (unpaired) electrons. The first kappa shape index (κ1) is 21.2. The maximum atomic E-state index is 13.5. The van der Waals surface area contributed by atoms with Gasteiger partial charge in [-0.25, -0.2) is 13.9 Å². The van der Waals surface area contributed by atoms with Gasteiger partial charge >= 0.3 is 6.18 Å². The summed E-state index contributed by atoms with van der Waals surface area (Å²) in [6, 6.07) is 7.35. The van der Waals surface area contributed by atoms with Crippen molar-refractivity contribution in [1.29, 1.82) is 0 Å². The number of benzene rings is 2. The number of amides is 1. The second-order valence-electron chi connectivity index (χ2n) is 6.95. The van der Waals surface area contributed by atoms with Crippen LogP contribution < -0.4 is 10.9 Å². The highest BCUT2D eigenvalue weighted by atomic mass is 19.4. The van der Waals surface area contributed by atoms with Gasteiger partial charge in [-0.2, -0.15) is 18.3 Å². The third-order valence-electron chi connectivity index (χ3n) is 4.76. The lowest BCUT2D eigenvalue weighted by molar-refractivity contribution is -0.137. The van der Waals surface area contributed by atoms with Crippen molar-refractivity contribution in [3.05, 3.63) is 93.0 Å². The first-order valence-electron chi connectivity index (χ1n) is 9.14. The van der Waals surface area contributed by atoms with E-state index in [1.807, 2.05) is 0 Å². The fraction of sp³-hybridized carbons (Fsp3) is 0.0952. The van der Waals surface area contributed by atoms with Crippen LogP contribution >= 0.6 is 0 Å². The molecule has 11 heteroatoms. The number of carbonyl (C=O) groups excluding carboxylic acids is 1. The molecule has 0 fully saturated rings. The zero-order valence-corrected chi connectivity index (χ0v) is 16.0. The lowest BCUT2D eigenvalue weighted by atomic mass is 10.0. The molecule has 164 valence electrons. The minimum absolute atomic E-state index is 0.0339. The van der Waals surface area contributed by atoms with Gasteiger partial charge in [-0.1, -0.05) is 12.1 Å². The van der Waals surface area contributed by atoms with E-state index in [0.29, 0.717) is 5.56 Å². The molecule has 0 saturated heterocycles. The standard InChI is InChI=1S/C21H13F5N4O2/c22-14-7-13-16(8-15(14)23)27-9-18(13)28-20(32)17-6-11(19(31)30-29-17)5-10-1-3-12(4-2-10)21(24,25)26/h1-4,6-9,27H,5H2,(H,28,32)(H,30,31). The van der Waals surface area contributed by atoms with Crippen molar-refractivity contribution < 1.29 is 26.7 Å². The number of nitrogens with zero attached hydrogens (tertiary/aromatic N) is 1. The molecule has 32 heavy (non-hydrogen) atoms. The number of halogens is 5. The van der Waals surface area contributed by atoms with Crippen molar-refractivity contribution in [1.82, 2.24) is 15.2 Å². The summed E-state index contributed by atoms with van der Waals surface area (Å²) in [7, 11) is 0. The number of alkyl halides is 3. The van der Waals surface area contributed by atoms with Crippen molar-refractivity contribution in [2.45, 2.75) is 12.6 Å². The number of fused-ring (bicyclic) bond motifs is 1. The van der Waals surface area contributed by atoms with Crippen LogP contribution in [0.25, 0.3) is 10.9 Å². The topological polar surface area (TPSA) is 90.6 Å². The Hall–Kier alpha value is -4.02. The molecule has 0 aliphatic rings. The van der Waals surface area contributed by atoms with Gasteiger partial charge in [0.15, 0.2) is 11.6 Å². The second kappa shape index (κ2) is 7.91. The van der Waals surface area contributed by atoms with Crippen LogP contribution in [0.15, 0.2) is 53.5 Å². The van der Waals surface area contributed by atoms with E-state index in [1.54, 1.807) is 0 Å². The summed E-state index contributed by atoms with van der Waals surface area (Å²) in [5, 5.41) is 8.57. The van der Waals surface area contributed by atoms with Gasteiger partial charge in [0.05, 0.1) is 16.8 Å². The van der Waals surface area contributed by atoms with Crippen molar-refractivity contribution in [2.24, 2.45) is 0 Å². The van der Waals surface area contributed by atoms with Gasteiger partial charge in [-0.3, -0.25) is 9.59 Å². The lowest BCUT2D eigenvalue weighted by Gasteiger charge is -2.08. The van der Waals surface area contributed by atoms with Crippen LogP contribution in [-0.4, -0.2) is 21.1 Å². The highest BCUT2D eigenvalue weighted by Gasteiger charge is 2.30. The molecule has 0 atom stereocenters. The molecule has 0 spiro atoms. The summed E-state index contributed by atoms with van der Waals surface area (Å²) in [6.07, 6.45) is -3.17. The van der Waals surface area contributed by atoms with Crippen LogP contribution in [0.2, 0.25) is 0 Å². The first-order valence-corrected chi connectivity index (χ1v) is 9.14. The maximum absolute atomic E-state index is 13.5. The van der Waals surface area contributed by atoms with Crippen molar-refractivity contribution in [3.63, 3.8) is 0 Å². The van der Waals surface area contributed by atoms with Crippen molar-refractivity contribution in [2.75, 3.05) is 5.32 Å². The van der Waals surface area contributed by atoms with Gasteiger partial charge in [0.1, 0.15) is 5.69 Å². The van der Waals surface area contributed by atoms with E-state index in [-0.39, 0.29) is 34.3 Å². The third kappa shape index (κ3) is 4.22. The minimum Gasteiger partial charge on any atom is -0.359 e. The van der Waals surface area contributed by atoms with E-state index in [0.717, 1.165) is 24.3 Å². The highest BCUT2D eigenvalue weighted by molar-refractivity contribution is 6.08. The zero-order valence-electron chi connectivity index (χ0n) is 16.0. The van der Waals surface area contributed by atoms with Crippen LogP contribution in [0.4, 0.5) is 27.6 Å². The Labute approximate surface area is 176 Å². The smallest absolute Gasteiger partial charge is 0.359 e. The third-order valence-corrected chi connectivity index (χ3v) is 4.76. The van der Waals surface area contributed by atoms with Gasteiger partial charge in [-0.15, -0.1) is 0 Å². The molecule has 4 aromatic rings. The zero-order chi connectivity index (χ0) is 23.0. The maximum Gasteiger partial charge on any atom is 0.416 e. The summed E-state index contributed by atoms with van der Waals surface area (Å²) >= 11 is 0. The quantitative estimate of drug-likeness (QED) is 0.405. The number of rotatable bonds is 4. The SMILES string of the molecule is O=C(Nc1c[nH]c2cc(F)c(F)cc12)c1cc(Cc2ccc(C(F)(F)F)cc2)c(=O)[nH]n1. The highest BCUT2D eigenvalue weighted by Crippen LogP contribution is 2.29. The fourth-order valence-electron chi connectivity index (χ4n) is 3.13. The molecule has 2 aromatic carbocycles. The normalized spacial score (nSPS) is 11.7. The first-order chi connectivity index (χ1) is 15.1. The molecular weight excluding hydrogens is 435 g/mol. The van der Waals surface area contributed by atoms with Crippen LogP contribution in [0.1, 0.15) is 27.2 Å². The Morgan fingerprint density at radius 1 is 1.03 bits per heavy atom. The van der Waals surface area contributed by atoms with E-state index >= 15 is 0 Å². The number of aromatic amines is 2. The average Bonchev–Trinajstić information content (AvgIpc) is 3.11. The van der Waals surface area contributed by atoms with Gasteiger partial charge in [-0.05, 0) is 29.8 Å². The van der Waals surface area contributed by atoms with E-state index in [1.165, 1.54) is 24.4 Å². The summed E-state index contributed by atoms with van der Waals surface area (Å²) < 4.78 is 65.0. The molecule has 1 amide bonds. The summed E-state index contributed by atoms with van der Waals surface area (Å²) in [5.74, 6) is -2.87. The monoisotopic (exact) mass is 448 g/mol. The van der Waals surface area contributed by atoms with E-state index in [9.17, 15) is 31.5 Å². The molecule has 0 aliphatic heterocycles. The molecule has 2 heterocycles. The number of H-pyrrole nitrogens is 2. The number of anilines is 1.